The van der Waals surface area contributed by atoms with Gasteiger partial charge in [-0.3, -0.25) is 10.1 Å². The number of nitrogens with one attached hydrogen (secondary N) is 1. The fraction of sp³-hybridized carbons (Fsp3) is 0.273. The summed E-state index contributed by atoms with van der Waals surface area (Å²) >= 11 is 0. The van der Waals surface area contributed by atoms with Crippen LogP contribution in [0.1, 0.15) is 17.0 Å². The summed E-state index contributed by atoms with van der Waals surface area (Å²) in [6.07, 6.45) is 1.22. The van der Waals surface area contributed by atoms with Crippen molar-refractivity contribution in [3.05, 3.63) is 45.5 Å². The van der Waals surface area contributed by atoms with E-state index < -0.39 is 4.92 Å². The molecule has 0 saturated heterocycles. The van der Waals surface area contributed by atoms with Crippen LogP contribution in [0, 0.1) is 24.0 Å². The molecule has 0 aliphatic heterocycles. The monoisotopic (exact) mass is 248 g/mol. The van der Waals surface area contributed by atoms with E-state index in [9.17, 15) is 10.1 Å². The quantitative estimate of drug-likeness (QED) is 0.658. The lowest BCUT2D eigenvalue weighted by Crippen LogP contribution is -2.03. The van der Waals surface area contributed by atoms with Crippen LogP contribution in [-0.4, -0.2) is 15.1 Å². The highest BCUT2D eigenvalue weighted by Crippen LogP contribution is 2.18. The summed E-state index contributed by atoms with van der Waals surface area (Å²) in [5.41, 5.74) is 1.49. The molecule has 0 amide bonds. The Hall–Kier alpha value is -2.44. The predicted molar refractivity (Wildman–Crippen MR) is 64.2 cm³/mol. The van der Waals surface area contributed by atoms with E-state index in [0.29, 0.717) is 23.7 Å². The molecule has 0 radical (unpaired) electrons. The van der Waals surface area contributed by atoms with Gasteiger partial charge in [0, 0.05) is 12.1 Å². The van der Waals surface area contributed by atoms with Crippen molar-refractivity contribution in [3.8, 4) is 0 Å². The third-order valence-corrected chi connectivity index (χ3v) is 2.38. The van der Waals surface area contributed by atoms with Crippen molar-refractivity contribution in [1.29, 1.82) is 0 Å². The van der Waals surface area contributed by atoms with Gasteiger partial charge in [-0.15, -0.1) is 0 Å². The zero-order chi connectivity index (χ0) is 13.1. The lowest BCUT2D eigenvalue weighted by Gasteiger charge is -2.05. The predicted octanol–water partition coefficient (Wildman–Crippen LogP) is 2.21. The molecule has 18 heavy (non-hydrogen) atoms. The van der Waals surface area contributed by atoms with E-state index in [1.165, 1.54) is 12.3 Å². The molecule has 0 unspecified atom stereocenters. The summed E-state index contributed by atoms with van der Waals surface area (Å²) in [6.45, 7) is 4.03. The van der Waals surface area contributed by atoms with Crippen LogP contribution in [0.5, 0.6) is 0 Å². The third kappa shape index (κ3) is 2.62. The van der Waals surface area contributed by atoms with Crippen molar-refractivity contribution in [2.75, 3.05) is 5.32 Å². The number of aromatic nitrogens is 2. The van der Waals surface area contributed by atoms with Crippen molar-refractivity contribution in [2.24, 2.45) is 0 Å². The molecule has 2 heterocycles. The number of anilines is 1. The normalized spacial score (nSPS) is 10.3. The second-order valence-electron chi connectivity index (χ2n) is 3.90. The minimum absolute atomic E-state index is 0.0199. The molecule has 2 aromatic heterocycles. The number of hydrogen-bond donors (Lipinski definition) is 1. The first-order valence-electron chi connectivity index (χ1n) is 5.33. The molecule has 7 nitrogen and oxygen atoms in total. The summed E-state index contributed by atoms with van der Waals surface area (Å²) in [6, 6.07) is 3.29. The standard InChI is InChI=1S/C11H12N4O3/c1-7-3-9(15(16)17)5-12-11(7)13-6-10-4-8(2)14-18-10/h3-5H,6H2,1-2H3,(H,12,13). The molecule has 0 fully saturated rings. The Morgan fingerprint density at radius 1 is 1.44 bits per heavy atom. The molecule has 2 rings (SSSR count). The average molecular weight is 248 g/mol. The van der Waals surface area contributed by atoms with Crippen molar-refractivity contribution < 1.29 is 9.45 Å². The number of aryl methyl sites for hydroxylation is 2. The van der Waals surface area contributed by atoms with Gasteiger partial charge in [0.05, 0.1) is 17.2 Å². The van der Waals surface area contributed by atoms with Gasteiger partial charge >= 0.3 is 0 Å². The van der Waals surface area contributed by atoms with Crippen molar-refractivity contribution in [3.63, 3.8) is 0 Å². The summed E-state index contributed by atoms with van der Waals surface area (Å²) in [5, 5.41) is 17.4. The zero-order valence-electron chi connectivity index (χ0n) is 10.0. The highest BCUT2D eigenvalue weighted by molar-refractivity contribution is 5.48. The number of hydrogen-bond acceptors (Lipinski definition) is 6. The van der Waals surface area contributed by atoms with Crippen LogP contribution >= 0.6 is 0 Å². The van der Waals surface area contributed by atoms with Crippen LogP contribution in [-0.2, 0) is 6.54 Å². The Labute approximate surface area is 103 Å². The van der Waals surface area contributed by atoms with Crippen LogP contribution in [0.4, 0.5) is 11.5 Å². The molecular formula is C11H12N4O3. The molecule has 0 aliphatic carbocycles. The van der Waals surface area contributed by atoms with Crippen molar-refractivity contribution in [2.45, 2.75) is 20.4 Å². The van der Waals surface area contributed by atoms with Crippen LogP contribution < -0.4 is 5.32 Å². The maximum Gasteiger partial charge on any atom is 0.287 e. The average Bonchev–Trinajstić information content (AvgIpc) is 2.73. The van der Waals surface area contributed by atoms with Crippen LogP contribution in [0.2, 0.25) is 0 Å². The largest absolute Gasteiger partial charge is 0.362 e. The van der Waals surface area contributed by atoms with Gasteiger partial charge in [-0.05, 0) is 19.4 Å². The van der Waals surface area contributed by atoms with E-state index in [4.69, 9.17) is 4.52 Å². The number of rotatable bonds is 4. The van der Waals surface area contributed by atoms with Gasteiger partial charge in [-0.25, -0.2) is 4.98 Å². The molecule has 7 heteroatoms. The lowest BCUT2D eigenvalue weighted by molar-refractivity contribution is -0.385. The Kier molecular flexibility index (Phi) is 3.22. The van der Waals surface area contributed by atoms with Crippen LogP contribution in [0.15, 0.2) is 22.9 Å². The SMILES string of the molecule is Cc1cc(CNc2ncc([N+](=O)[O-])cc2C)on1. The molecular weight excluding hydrogens is 236 g/mol. The number of pyridine rings is 1. The molecule has 94 valence electrons. The first kappa shape index (κ1) is 12.0. The smallest absolute Gasteiger partial charge is 0.287 e. The molecule has 0 spiro atoms. The summed E-state index contributed by atoms with van der Waals surface area (Å²) in [7, 11) is 0. The maximum absolute atomic E-state index is 10.6. The Balaban J connectivity index is 2.08. The van der Waals surface area contributed by atoms with Gasteiger partial charge in [0.1, 0.15) is 12.0 Å². The van der Waals surface area contributed by atoms with E-state index in [-0.39, 0.29) is 5.69 Å². The van der Waals surface area contributed by atoms with Crippen LogP contribution in [0.3, 0.4) is 0 Å². The van der Waals surface area contributed by atoms with Gasteiger partial charge in [0.2, 0.25) is 0 Å². The topological polar surface area (TPSA) is 94.1 Å². The number of nitro groups is 1. The van der Waals surface area contributed by atoms with Crippen LogP contribution in [0.25, 0.3) is 0 Å². The maximum atomic E-state index is 10.6. The second kappa shape index (κ2) is 4.82. The minimum Gasteiger partial charge on any atom is -0.362 e. The fourth-order valence-corrected chi connectivity index (χ4v) is 1.52. The van der Waals surface area contributed by atoms with Gasteiger partial charge in [0.15, 0.2) is 5.76 Å². The highest BCUT2D eigenvalue weighted by Gasteiger charge is 2.09. The molecule has 0 aromatic carbocycles. The van der Waals surface area contributed by atoms with Crippen molar-refractivity contribution >= 4 is 11.5 Å². The first-order valence-corrected chi connectivity index (χ1v) is 5.33. The number of nitrogens with zero attached hydrogens (tertiary/aromatic N) is 3. The van der Waals surface area contributed by atoms with E-state index in [0.717, 1.165) is 5.69 Å². The van der Waals surface area contributed by atoms with E-state index in [1.54, 1.807) is 6.92 Å². The second-order valence-corrected chi connectivity index (χ2v) is 3.90. The summed E-state index contributed by atoms with van der Waals surface area (Å²) in [5.74, 6) is 1.28. The lowest BCUT2D eigenvalue weighted by atomic mass is 10.2. The van der Waals surface area contributed by atoms with Gasteiger partial charge in [0.25, 0.3) is 5.69 Å². The van der Waals surface area contributed by atoms with E-state index >= 15 is 0 Å². The molecule has 0 aliphatic rings. The van der Waals surface area contributed by atoms with Crippen molar-refractivity contribution in [1.82, 2.24) is 10.1 Å². The van der Waals surface area contributed by atoms with Gasteiger partial charge in [-0.1, -0.05) is 5.16 Å². The Bertz CT molecular complexity index is 579. The van der Waals surface area contributed by atoms with Gasteiger partial charge < -0.3 is 9.84 Å². The molecule has 2 aromatic rings. The molecule has 1 N–H and O–H groups in total. The first-order chi connectivity index (χ1) is 8.56. The van der Waals surface area contributed by atoms with E-state index in [2.05, 4.69) is 15.5 Å². The summed E-state index contributed by atoms with van der Waals surface area (Å²) in [4.78, 5) is 14.1. The molecule has 0 atom stereocenters. The fourth-order valence-electron chi connectivity index (χ4n) is 1.52. The molecule has 0 saturated carbocycles. The van der Waals surface area contributed by atoms with E-state index in [1.807, 2.05) is 13.0 Å². The third-order valence-electron chi connectivity index (χ3n) is 2.38. The minimum atomic E-state index is -0.469. The highest BCUT2D eigenvalue weighted by atomic mass is 16.6. The summed E-state index contributed by atoms with van der Waals surface area (Å²) < 4.78 is 5.04. The Morgan fingerprint density at radius 2 is 2.22 bits per heavy atom. The Morgan fingerprint density at radius 3 is 2.78 bits per heavy atom. The molecule has 0 bridgehead atoms. The zero-order valence-corrected chi connectivity index (χ0v) is 10.0. The van der Waals surface area contributed by atoms with Gasteiger partial charge in [-0.2, -0.15) is 0 Å².